The molecule has 2 rings (SSSR count). The average Bonchev–Trinajstić information content (AvgIpc) is 2.27. The van der Waals surface area contributed by atoms with Crippen LogP contribution >= 0.6 is 15.9 Å². The summed E-state index contributed by atoms with van der Waals surface area (Å²) in [6.07, 6.45) is 0. The normalized spacial score (nSPS) is 10.7. The van der Waals surface area contributed by atoms with Gasteiger partial charge in [-0.1, -0.05) is 11.6 Å². The van der Waals surface area contributed by atoms with Gasteiger partial charge >= 0.3 is 0 Å². The maximum atomic E-state index is 3.39. The summed E-state index contributed by atoms with van der Waals surface area (Å²) in [5.41, 5.74) is 2.48. The predicted octanol–water partition coefficient (Wildman–Crippen LogP) is 3.24. The summed E-state index contributed by atoms with van der Waals surface area (Å²) in [5, 5.41) is 1.26. The Morgan fingerprint density at radius 3 is 2.91 bits per heavy atom. The van der Waals surface area contributed by atoms with Crippen molar-refractivity contribution >= 4 is 26.8 Å². The van der Waals surface area contributed by atoms with Gasteiger partial charge in [0, 0.05) is 10.9 Å². The summed E-state index contributed by atoms with van der Waals surface area (Å²) in [4.78, 5) is 3.20. The van der Waals surface area contributed by atoms with Gasteiger partial charge in [0.15, 0.2) is 0 Å². The third-order valence-corrected chi connectivity index (χ3v) is 2.17. The number of nitrogens with one attached hydrogen (secondary N) is 1. The number of halogens is 1. The molecule has 0 radical (unpaired) electrons. The molecule has 11 heavy (non-hydrogen) atoms. The zero-order chi connectivity index (χ0) is 7.84. The van der Waals surface area contributed by atoms with Crippen molar-refractivity contribution in [2.75, 3.05) is 0 Å². The zero-order valence-electron chi connectivity index (χ0n) is 6.19. The molecule has 1 nitrogen and oxygen atoms in total. The second kappa shape index (κ2) is 2.38. The van der Waals surface area contributed by atoms with Gasteiger partial charge in [0.2, 0.25) is 0 Å². The van der Waals surface area contributed by atoms with Crippen LogP contribution in [0.3, 0.4) is 0 Å². The van der Waals surface area contributed by atoms with Crippen molar-refractivity contribution in [2.45, 2.75) is 6.92 Å². The van der Waals surface area contributed by atoms with Crippen molar-refractivity contribution in [3.63, 3.8) is 0 Å². The van der Waals surface area contributed by atoms with E-state index in [0.29, 0.717) is 0 Å². The van der Waals surface area contributed by atoms with E-state index >= 15 is 0 Å². The van der Waals surface area contributed by atoms with Crippen LogP contribution in [-0.4, -0.2) is 4.98 Å². The number of fused-ring (bicyclic) bond motifs is 1. The van der Waals surface area contributed by atoms with Gasteiger partial charge < -0.3 is 4.98 Å². The van der Waals surface area contributed by atoms with Crippen molar-refractivity contribution in [3.05, 3.63) is 34.4 Å². The molecule has 0 bridgehead atoms. The van der Waals surface area contributed by atoms with E-state index in [0.717, 1.165) is 4.60 Å². The molecule has 0 saturated carbocycles. The summed E-state index contributed by atoms with van der Waals surface area (Å²) < 4.78 is 1.04. The Bertz CT molecular complexity index is 389. The summed E-state index contributed by atoms with van der Waals surface area (Å²) >= 11 is 3.39. The highest BCUT2D eigenvalue weighted by Crippen LogP contribution is 2.19. The van der Waals surface area contributed by atoms with Gasteiger partial charge in [-0.05, 0) is 41.1 Å². The van der Waals surface area contributed by atoms with Crippen LogP contribution in [0.15, 0.2) is 28.9 Å². The molecular weight excluding hydrogens is 202 g/mol. The number of aromatic nitrogens is 1. The first-order valence-corrected chi connectivity index (χ1v) is 4.30. The lowest BCUT2D eigenvalue weighted by Gasteiger charge is -1.90. The third-order valence-electron chi connectivity index (χ3n) is 1.74. The van der Waals surface area contributed by atoms with Crippen LogP contribution in [0.1, 0.15) is 5.56 Å². The lowest BCUT2D eigenvalue weighted by Crippen LogP contribution is -1.70. The summed E-state index contributed by atoms with van der Waals surface area (Å²) in [5.74, 6) is 0. The van der Waals surface area contributed by atoms with Crippen LogP contribution in [0.4, 0.5) is 0 Å². The molecule has 1 aromatic carbocycles. The fourth-order valence-electron chi connectivity index (χ4n) is 1.22. The van der Waals surface area contributed by atoms with Crippen LogP contribution in [0.2, 0.25) is 0 Å². The molecule has 2 aromatic rings. The van der Waals surface area contributed by atoms with Crippen molar-refractivity contribution < 1.29 is 0 Å². The minimum absolute atomic E-state index is 1.04. The predicted molar refractivity (Wildman–Crippen MR) is 50.7 cm³/mol. The van der Waals surface area contributed by atoms with E-state index in [1.165, 1.54) is 16.5 Å². The first-order chi connectivity index (χ1) is 5.25. The molecule has 1 N–H and O–H groups in total. The van der Waals surface area contributed by atoms with Crippen LogP contribution in [0.5, 0.6) is 0 Å². The highest BCUT2D eigenvalue weighted by molar-refractivity contribution is 9.10. The molecule has 1 aromatic heterocycles. The summed E-state index contributed by atoms with van der Waals surface area (Å²) in [7, 11) is 0. The Kier molecular flexibility index (Phi) is 1.50. The van der Waals surface area contributed by atoms with Crippen molar-refractivity contribution in [1.29, 1.82) is 0 Å². The van der Waals surface area contributed by atoms with Gasteiger partial charge in [0.05, 0.1) is 4.60 Å². The average molecular weight is 210 g/mol. The van der Waals surface area contributed by atoms with Gasteiger partial charge in [0.1, 0.15) is 0 Å². The first-order valence-electron chi connectivity index (χ1n) is 3.50. The molecular formula is C9H8BrN. The minimum atomic E-state index is 1.04. The number of aryl methyl sites for hydroxylation is 1. The molecule has 0 unspecified atom stereocenters. The van der Waals surface area contributed by atoms with Gasteiger partial charge in [-0.25, -0.2) is 0 Å². The van der Waals surface area contributed by atoms with Crippen LogP contribution in [0, 0.1) is 6.92 Å². The zero-order valence-corrected chi connectivity index (χ0v) is 7.77. The Morgan fingerprint density at radius 2 is 2.09 bits per heavy atom. The van der Waals surface area contributed by atoms with E-state index in [-0.39, 0.29) is 0 Å². The number of benzene rings is 1. The molecule has 0 aliphatic rings. The molecule has 0 amide bonds. The van der Waals surface area contributed by atoms with Crippen LogP contribution < -0.4 is 0 Å². The Morgan fingerprint density at radius 1 is 1.27 bits per heavy atom. The maximum absolute atomic E-state index is 3.39. The molecule has 0 aliphatic heterocycles. The standard InChI is InChI=1S/C9H8BrN/c1-6-2-3-8-7(4-6)5-9(10)11-8/h2-5,11H,1H3. The van der Waals surface area contributed by atoms with E-state index in [4.69, 9.17) is 0 Å². The Balaban J connectivity index is 2.82. The molecule has 0 aliphatic carbocycles. The lowest BCUT2D eigenvalue weighted by molar-refractivity contribution is 1.41. The van der Waals surface area contributed by atoms with Gasteiger partial charge in [-0.3, -0.25) is 0 Å². The third kappa shape index (κ3) is 1.18. The number of rotatable bonds is 0. The fraction of sp³-hybridized carbons (Fsp3) is 0.111. The van der Waals surface area contributed by atoms with E-state index in [9.17, 15) is 0 Å². The SMILES string of the molecule is Cc1ccc2[nH]c(Br)cc2c1. The summed E-state index contributed by atoms with van der Waals surface area (Å²) in [6, 6.07) is 8.44. The van der Waals surface area contributed by atoms with E-state index in [2.05, 4.69) is 52.1 Å². The van der Waals surface area contributed by atoms with Gasteiger partial charge in [0.25, 0.3) is 0 Å². The number of H-pyrrole nitrogens is 1. The second-order valence-corrected chi connectivity index (χ2v) is 3.56. The lowest BCUT2D eigenvalue weighted by atomic mass is 10.2. The van der Waals surface area contributed by atoms with Crippen molar-refractivity contribution in [3.8, 4) is 0 Å². The highest BCUT2D eigenvalue weighted by Gasteiger charge is 1.96. The molecule has 0 fully saturated rings. The maximum Gasteiger partial charge on any atom is 0.0830 e. The van der Waals surface area contributed by atoms with Crippen LogP contribution in [-0.2, 0) is 0 Å². The quantitative estimate of drug-likeness (QED) is 0.686. The number of aromatic amines is 1. The van der Waals surface area contributed by atoms with Crippen molar-refractivity contribution in [2.24, 2.45) is 0 Å². The molecule has 2 heteroatoms. The summed E-state index contributed by atoms with van der Waals surface area (Å²) in [6.45, 7) is 2.10. The van der Waals surface area contributed by atoms with Crippen LogP contribution in [0.25, 0.3) is 10.9 Å². The fourth-order valence-corrected chi connectivity index (χ4v) is 1.68. The molecule has 0 atom stereocenters. The Labute approximate surface area is 73.6 Å². The topological polar surface area (TPSA) is 15.8 Å². The number of hydrogen-bond donors (Lipinski definition) is 1. The molecule has 0 spiro atoms. The first kappa shape index (κ1) is 6.92. The molecule has 0 saturated heterocycles. The minimum Gasteiger partial charge on any atom is -0.349 e. The smallest absolute Gasteiger partial charge is 0.0830 e. The van der Waals surface area contributed by atoms with E-state index in [1.54, 1.807) is 0 Å². The van der Waals surface area contributed by atoms with E-state index < -0.39 is 0 Å². The van der Waals surface area contributed by atoms with Crippen molar-refractivity contribution in [1.82, 2.24) is 4.98 Å². The monoisotopic (exact) mass is 209 g/mol. The largest absolute Gasteiger partial charge is 0.349 e. The molecule has 56 valence electrons. The Hall–Kier alpha value is -0.760. The van der Waals surface area contributed by atoms with Gasteiger partial charge in [-0.2, -0.15) is 0 Å². The van der Waals surface area contributed by atoms with Gasteiger partial charge in [-0.15, -0.1) is 0 Å². The molecule has 1 heterocycles. The highest BCUT2D eigenvalue weighted by atomic mass is 79.9. The van der Waals surface area contributed by atoms with E-state index in [1.807, 2.05) is 0 Å². The number of hydrogen-bond acceptors (Lipinski definition) is 0. The second-order valence-electron chi connectivity index (χ2n) is 2.71.